The summed E-state index contributed by atoms with van der Waals surface area (Å²) in [6.07, 6.45) is 0. The van der Waals surface area contributed by atoms with Gasteiger partial charge in [0.1, 0.15) is 0 Å². The molecular weight excluding hydrogens is 781 g/mol. The summed E-state index contributed by atoms with van der Waals surface area (Å²) in [7, 11) is -2.98. The van der Waals surface area contributed by atoms with Crippen molar-refractivity contribution in [3.8, 4) is 22.3 Å². The summed E-state index contributed by atoms with van der Waals surface area (Å²) >= 11 is 0. The summed E-state index contributed by atoms with van der Waals surface area (Å²) in [4.78, 5) is 4.83. The summed E-state index contributed by atoms with van der Waals surface area (Å²) in [6, 6.07) is 72.7. The Labute approximate surface area is 370 Å². The Morgan fingerprint density at radius 2 is 0.597 bits per heavy atom. The van der Waals surface area contributed by atoms with E-state index in [0.29, 0.717) is 0 Å². The summed E-state index contributed by atoms with van der Waals surface area (Å²) < 4.78 is 0. The molecule has 0 aliphatic rings. The second-order valence-electron chi connectivity index (χ2n) is 18.9. The largest absolute Gasteiger partial charge is 0.310 e. The number of fused-ring (bicyclic) bond motifs is 3. The maximum Gasteiger partial charge on any atom is 0.0775 e. The molecule has 306 valence electrons. The fraction of sp³-hybridized carbons (Fsp3) is 0.138. The number of anilines is 6. The van der Waals surface area contributed by atoms with Crippen molar-refractivity contribution in [2.24, 2.45) is 0 Å². The van der Waals surface area contributed by atoms with E-state index >= 15 is 0 Å². The van der Waals surface area contributed by atoms with Crippen molar-refractivity contribution in [2.75, 3.05) is 9.80 Å². The molecule has 0 heterocycles. The topological polar surface area (TPSA) is 6.48 Å². The Hall–Kier alpha value is -6.47. The van der Waals surface area contributed by atoms with E-state index in [4.69, 9.17) is 0 Å². The minimum absolute atomic E-state index is 1.12. The third kappa shape index (κ3) is 8.04. The van der Waals surface area contributed by atoms with Gasteiger partial charge in [-0.05, 0) is 130 Å². The van der Waals surface area contributed by atoms with Gasteiger partial charge in [0.25, 0.3) is 0 Å². The molecule has 9 aromatic carbocycles. The van der Waals surface area contributed by atoms with E-state index in [1.54, 1.807) is 0 Å². The second-order valence-corrected chi connectivity index (χ2v) is 29.0. The van der Waals surface area contributed by atoms with E-state index < -0.39 is 16.1 Å². The molecule has 0 aliphatic carbocycles. The lowest BCUT2D eigenvalue weighted by molar-refractivity contribution is 1.29. The molecule has 0 aromatic heterocycles. The van der Waals surface area contributed by atoms with Crippen LogP contribution in [-0.2, 0) is 0 Å². The highest BCUT2D eigenvalue weighted by Gasteiger charge is 2.24. The van der Waals surface area contributed by atoms with E-state index in [-0.39, 0.29) is 0 Å². The lowest BCUT2D eigenvalue weighted by atomic mass is 9.84. The first kappa shape index (κ1) is 40.9. The van der Waals surface area contributed by atoms with Gasteiger partial charge in [0.2, 0.25) is 0 Å². The molecule has 0 fully saturated rings. The highest BCUT2D eigenvalue weighted by Crippen LogP contribution is 2.48. The summed E-state index contributed by atoms with van der Waals surface area (Å²) in [5.41, 5.74) is 14.2. The number of rotatable bonds is 10. The second kappa shape index (κ2) is 16.4. The molecule has 0 saturated carbocycles. The van der Waals surface area contributed by atoms with Crippen molar-refractivity contribution >= 4 is 82.2 Å². The van der Waals surface area contributed by atoms with Gasteiger partial charge in [-0.3, -0.25) is 0 Å². The first-order chi connectivity index (χ1) is 29.8. The average Bonchev–Trinajstić information content (AvgIpc) is 3.27. The lowest BCUT2D eigenvalue weighted by Crippen LogP contribution is -2.37. The Morgan fingerprint density at radius 3 is 0.919 bits per heavy atom. The van der Waals surface area contributed by atoms with Crippen molar-refractivity contribution < 1.29 is 0 Å². The van der Waals surface area contributed by atoms with E-state index in [1.807, 2.05) is 0 Å². The predicted octanol–water partition coefficient (Wildman–Crippen LogP) is 16.0. The molecule has 0 saturated heterocycles. The minimum Gasteiger partial charge on any atom is -0.310 e. The molecule has 0 N–H and O–H groups in total. The van der Waals surface area contributed by atoms with Crippen LogP contribution in [0.2, 0.25) is 39.3 Å². The van der Waals surface area contributed by atoms with Crippen LogP contribution >= 0.6 is 0 Å². The number of hydrogen-bond acceptors (Lipinski definition) is 2. The summed E-state index contributed by atoms with van der Waals surface area (Å²) in [6.45, 7) is 18.8. The maximum atomic E-state index is 2.44. The molecule has 0 unspecified atom stereocenters. The third-order valence-electron chi connectivity index (χ3n) is 12.3. The third-order valence-corrected chi connectivity index (χ3v) is 16.4. The van der Waals surface area contributed by atoms with Crippen molar-refractivity contribution in [1.29, 1.82) is 0 Å². The molecule has 4 heteroatoms. The zero-order valence-corrected chi connectivity index (χ0v) is 39.4. The molecule has 62 heavy (non-hydrogen) atoms. The van der Waals surface area contributed by atoms with Crippen LogP contribution in [0.4, 0.5) is 34.1 Å². The number of nitrogens with zero attached hydrogens (tertiary/aromatic N) is 2. The SMILES string of the molecule is Cc1ccc(-c2c(-c3ccc(C)cc3)c3ccc(N(c4ccccc4)c4ccc([Si](C)(C)C)cc4)cc3c3cc(N(c4ccccc4)c4ccc([Si](C)(C)C)cc4)ccc23)cc1. The maximum absolute atomic E-state index is 2.44. The van der Waals surface area contributed by atoms with Crippen LogP contribution in [0.15, 0.2) is 194 Å². The lowest BCUT2D eigenvalue weighted by Gasteiger charge is -2.29. The number of para-hydroxylation sites is 2. The quantitative estimate of drug-likeness (QED) is 0.100. The van der Waals surface area contributed by atoms with Crippen molar-refractivity contribution in [1.82, 2.24) is 0 Å². The van der Waals surface area contributed by atoms with Crippen molar-refractivity contribution in [3.63, 3.8) is 0 Å². The zero-order valence-electron chi connectivity index (χ0n) is 37.4. The van der Waals surface area contributed by atoms with Crippen LogP contribution in [0.5, 0.6) is 0 Å². The van der Waals surface area contributed by atoms with Crippen LogP contribution in [-0.4, -0.2) is 16.1 Å². The Kier molecular flexibility index (Phi) is 10.8. The van der Waals surface area contributed by atoms with Crippen molar-refractivity contribution in [2.45, 2.75) is 53.1 Å². The van der Waals surface area contributed by atoms with Gasteiger partial charge in [0.05, 0.1) is 16.1 Å². The highest BCUT2D eigenvalue weighted by atomic mass is 28.3. The van der Waals surface area contributed by atoms with E-state index in [9.17, 15) is 0 Å². The van der Waals surface area contributed by atoms with Gasteiger partial charge in [-0.1, -0.05) is 182 Å². The molecule has 0 spiro atoms. The Bertz CT molecular complexity index is 2790. The van der Waals surface area contributed by atoms with Gasteiger partial charge in [0, 0.05) is 34.1 Å². The van der Waals surface area contributed by atoms with Crippen LogP contribution in [0.25, 0.3) is 43.8 Å². The fourth-order valence-corrected chi connectivity index (χ4v) is 11.1. The predicted molar refractivity (Wildman–Crippen MR) is 277 cm³/mol. The molecule has 0 atom stereocenters. The molecule has 0 aliphatic heterocycles. The Balaban J connectivity index is 1.36. The van der Waals surface area contributed by atoms with E-state index in [0.717, 1.165) is 34.1 Å². The van der Waals surface area contributed by atoms with Gasteiger partial charge in [-0.25, -0.2) is 0 Å². The standard InChI is InChI=1S/C58H56N2Si2/c1-41-19-23-43(24-20-41)57-53-37-31-49(59(45-15-11-9-12-16-45)47-27-33-51(34-28-47)61(3,4)5)39-55(53)56-40-50(32-38-54(56)58(57)44-25-21-42(2)22-26-44)60(46-17-13-10-14-18-46)48-29-35-52(36-30-48)62(6,7)8/h9-40H,1-8H3. The Morgan fingerprint density at radius 1 is 0.290 bits per heavy atom. The highest BCUT2D eigenvalue weighted by molar-refractivity contribution is 6.89. The first-order valence-electron chi connectivity index (χ1n) is 21.9. The van der Waals surface area contributed by atoms with Gasteiger partial charge >= 0.3 is 0 Å². The molecule has 9 rings (SSSR count). The molecule has 2 nitrogen and oxygen atoms in total. The minimum atomic E-state index is -1.49. The van der Waals surface area contributed by atoms with Gasteiger partial charge < -0.3 is 9.80 Å². The smallest absolute Gasteiger partial charge is 0.0775 e. The zero-order chi connectivity index (χ0) is 43.2. The number of benzene rings is 9. The first-order valence-corrected chi connectivity index (χ1v) is 28.9. The van der Waals surface area contributed by atoms with Gasteiger partial charge in [-0.2, -0.15) is 0 Å². The molecule has 0 bridgehead atoms. The molecular formula is C58H56N2Si2. The van der Waals surface area contributed by atoms with E-state index in [1.165, 1.54) is 65.3 Å². The van der Waals surface area contributed by atoms with Crippen LogP contribution in [0, 0.1) is 13.8 Å². The van der Waals surface area contributed by atoms with Crippen LogP contribution < -0.4 is 20.2 Å². The monoisotopic (exact) mass is 836 g/mol. The van der Waals surface area contributed by atoms with Crippen LogP contribution in [0.3, 0.4) is 0 Å². The molecule has 0 radical (unpaired) electrons. The van der Waals surface area contributed by atoms with E-state index in [2.05, 4.69) is 257 Å². The number of hydrogen-bond donors (Lipinski definition) is 0. The van der Waals surface area contributed by atoms with Crippen molar-refractivity contribution in [3.05, 3.63) is 205 Å². The van der Waals surface area contributed by atoms with Gasteiger partial charge in [0.15, 0.2) is 0 Å². The van der Waals surface area contributed by atoms with Gasteiger partial charge in [-0.15, -0.1) is 0 Å². The molecule has 0 amide bonds. The van der Waals surface area contributed by atoms with Crippen LogP contribution in [0.1, 0.15) is 11.1 Å². The normalized spacial score (nSPS) is 11.9. The number of aryl methyl sites for hydroxylation is 2. The fourth-order valence-electron chi connectivity index (χ4n) is 8.80. The summed E-state index contributed by atoms with van der Waals surface area (Å²) in [5, 5.41) is 7.79. The molecule has 9 aromatic rings. The average molecular weight is 837 g/mol. The summed E-state index contributed by atoms with van der Waals surface area (Å²) in [5.74, 6) is 0.